The number of carbonyl (C=O) groups excluding carboxylic acids is 1. The van der Waals surface area contributed by atoms with Crippen LogP contribution in [0.3, 0.4) is 0 Å². The number of imidazole rings is 1. The summed E-state index contributed by atoms with van der Waals surface area (Å²) in [5, 5.41) is 10.9. The lowest BCUT2D eigenvalue weighted by atomic mass is 10.1. The first-order valence-corrected chi connectivity index (χ1v) is 8.99. The van der Waals surface area contributed by atoms with Crippen molar-refractivity contribution in [3.63, 3.8) is 0 Å². The fourth-order valence-corrected chi connectivity index (χ4v) is 3.20. The standard InChI is InChI=1S/C18H25N5O4/c1-18(2,3)27-17(24)22-9-5-6-13(11-22)21(4)16-19-14-8-7-12(23(25)26)10-15(14)20-16/h7-8,10,13H,5-6,9,11H2,1-4H3,(H,19,20). The summed E-state index contributed by atoms with van der Waals surface area (Å²) in [6.45, 7) is 6.78. The molecule has 1 aliphatic rings. The van der Waals surface area contributed by atoms with Crippen molar-refractivity contribution in [2.75, 3.05) is 25.0 Å². The number of aromatic nitrogens is 2. The van der Waals surface area contributed by atoms with E-state index in [0.717, 1.165) is 12.8 Å². The minimum absolute atomic E-state index is 0.0223. The zero-order chi connectivity index (χ0) is 19.8. The molecule has 1 fully saturated rings. The van der Waals surface area contributed by atoms with E-state index in [9.17, 15) is 14.9 Å². The van der Waals surface area contributed by atoms with E-state index < -0.39 is 10.5 Å². The molecule has 27 heavy (non-hydrogen) atoms. The van der Waals surface area contributed by atoms with Crippen molar-refractivity contribution in [3.05, 3.63) is 28.3 Å². The third-order valence-corrected chi connectivity index (χ3v) is 4.59. The summed E-state index contributed by atoms with van der Waals surface area (Å²) in [5.41, 5.74) is 0.783. The second-order valence-corrected chi connectivity index (χ2v) is 7.85. The number of ether oxygens (including phenoxy) is 1. The quantitative estimate of drug-likeness (QED) is 0.652. The summed E-state index contributed by atoms with van der Waals surface area (Å²) in [7, 11) is 1.91. The van der Waals surface area contributed by atoms with Gasteiger partial charge in [0.1, 0.15) is 5.60 Å². The van der Waals surface area contributed by atoms with E-state index in [1.54, 1.807) is 11.0 Å². The molecule has 146 valence electrons. The lowest BCUT2D eigenvalue weighted by Crippen LogP contribution is -2.50. The number of hydrogen-bond donors (Lipinski definition) is 1. The summed E-state index contributed by atoms with van der Waals surface area (Å²) in [4.78, 5) is 34.3. The number of nitro benzene ring substituents is 1. The van der Waals surface area contributed by atoms with Crippen molar-refractivity contribution >= 4 is 28.8 Å². The minimum atomic E-state index is -0.524. The van der Waals surface area contributed by atoms with Crippen LogP contribution in [0.4, 0.5) is 16.4 Å². The van der Waals surface area contributed by atoms with Crippen LogP contribution in [0, 0.1) is 10.1 Å². The lowest BCUT2D eigenvalue weighted by Gasteiger charge is -2.38. The Hall–Kier alpha value is -2.84. The zero-order valence-corrected chi connectivity index (χ0v) is 16.1. The predicted molar refractivity (Wildman–Crippen MR) is 102 cm³/mol. The molecule has 2 aromatic rings. The number of likely N-dealkylation sites (tertiary alicyclic amines) is 1. The maximum absolute atomic E-state index is 12.4. The monoisotopic (exact) mass is 375 g/mol. The number of nitrogens with zero attached hydrogens (tertiary/aromatic N) is 4. The van der Waals surface area contributed by atoms with Gasteiger partial charge >= 0.3 is 6.09 Å². The van der Waals surface area contributed by atoms with Crippen molar-refractivity contribution in [1.82, 2.24) is 14.9 Å². The van der Waals surface area contributed by atoms with Crippen molar-refractivity contribution in [1.29, 1.82) is 0 Å². The van der Waals surface area contributed by atoms with Crippen molar-refractivity contribution in [3.8, 4) is 0 Å². The van der Waals surface area contributed by atoms with E-state index in [1.165, 1.54) is 12.1 Å². The number of likely N-dealkylation sites (N-methyl/N-ethyl adjacent to an activating group) is 1. The third kappa shape index (κ3) is 4.29. The largest absolute Gasteiger partial charge is 0.444 e. The number of nitro groups is 1. The van der Waals surface area contributed by atoms with Gasteiger partial charge in [0.25, 0.3) is 5.69 Å². The Morgan fingerprint density at radius 1 is 1.44 bits per heavy atom. The predicted octanol–water partition coefficient (Wildman–Crippen LogP) is 3.31. The molecule has 0 bridgehead atoms. The van der Waals surface area contributed by atoms with Gasteiger partial charge in [-0.15, -0.1) is 0 Å². The van der Waals surface area contributed by atoms with Gasteiger partial charge in [-0.25, -0.2) is 9.78 Å². The molecule has 3 rings (SSSR count). The number of H-pyrrole nitrogens is 1. The Labute approximate surface area is 157 Å². The van der Waals surface area contributed by atoms with Crippen LogP contribution in [0.2, 0.25) is 0 Å². The highest BCUT2D eigenvalue weighted by atomic mass is 16.6. The first-order valence-electron chi connectivity index (χ1n) is 8.99. The Kier molecular flexibility index (Phi) is 4.95. The molecule has 1 N–H and O–H groups in total. The fourth-order valence-electron chi connectivity index (χ4n) is 3.20. The van der Waals surface area contributed by atoms with Gasteiger partial charge in [-0.1, -0.05) is 0 Å². The number of amides is 1. The summed E-state index contributed by atoms with van der Waals surface area (Å²) >= 11 is 0. The molecule has 1 aromatic heterocycles. The van der Waals surface area contributed by atoms with Crippen molar-refractivity contribution in [2.24, 2.45) is 0 Å². The molecular formula is C18H25N5O4. The molecule has 2 heterocycles. The molecule has 0 spiro atoms. The average Bonchev–Trinajstić information content (AvgIpc) is 3.02. The Morgan fingerprint density at radius 3 is 2.85 bits per heavy atom. The van der Waals surface area contributed by atoms with Gasteiger partial charge in [0.2, 0.25) is 5.95 Å². The van der Waals surface area contributed by atoms with E-state index in [-0.39, 0.29) is 17.8 Å². The third-order valence-electron chi connectivity index (χ3n) is 4.59. The van der Waals surface area contributed by atoms with Gasteiger partial charge in [-0.2, -0.15) is 0 Å². The molecule has 9 nitrogen and oxygen atoms in total. The number of fused-ring (bicyclic) bond motifs is 1. The number of aromatic amines is 1. The van der Waals surface area contributed by atoms with Crippen LogP contribution in [0.5, 0.6) is 0 Å². The van der Waals surface area contributed by atoms with Crippen LogP contribution in [-0.2, 0) is 4.74 Å². The molecule has 0 aliphatic carbocycles. The van der Waals surface area contributed by atoms with Gasteiger partial charge in [-0.05, 0) is 39.7 Å². The van der Waals surface area contributed by atoms with Crippen molar-refractivity contribution in [2.45, 2.75) is 45.3 Å². The molecule has 1 aliphatic heterocycles. The maximum Gasteiger partial charge on any atom is 0.410 e. The number of anilines is 1. The Bertz CT molecular complexity index is 857. The molecule has 1 amide bonds. The number of benzene rings is 1. The molecule has 0 radical (unpaired) electrons. The van der Waals surface area contributed by atoms with E-state index in [1.807, 2.05) is 32.7 Å². The van der Waals surface area contributed by atoms with Crippen LogP contribution in [0.15, 0.2) is 18.2 Å². The summed E-state index contributed by atoms with van der Waals surface area (Å²) in [6, 6.07) is 4.64. The van der Waals surface area contributed by atoms with Gasteiger partial charge in [-0.3, -0.25) is 10.1 Å². The van der Waals surface area contributed by atoms with Gasteiger partial charge in [0.05, 0.1) is 16.0 Å². The summed E-state index contributed by atoms with van der Waals surface area (Å²) in [5.74, 6) is 0.626. The second kappa shape index (κ2) is 7.05. The number of rotatable bonds is 3. The van der Waals surface area contributed by atoms with Crippen molar-refractivity contribution < 1.29 is 14.5 Å². The molecule has 1 aromatic carbocycles. The Balaban J connectivity index is 1.74. The highest BCUT2D eigenvalue weighted by Gasteiger charge is 2.30. The highest BCUT2D eigenvalue weighted by Crippen LogP contribution is 2.25. The average molecular weight is 375 g/mol. The van der Waals surface area contributed by atoms with Gasteiger partial charge in [0, 0.05) is 38.3 Å². The molecule has 1 atom stereocenters. The van der Waals surface area contributed by atoms with Crippen LogP contribution < -0.4 is 4.90 Å². The van der Waals surface area contributed by atoms with E-state index in [2.05, 4.69) is 9.97 Å². The first-order chi connectivity index (χ1) is 12.6. The summed E-state index contributed by atoms with van der Waals surface area (Å²) in [6.07, 6.45) is 1.49. The molecule has 1 saturated heterocycles. The first kappa shape index (κ1) is 18.9. The zero-order valence-electron chi connectivity index (χ0n) is 16.1. The maximum atomic E-state index is 12.4. The number of carbonyl (C=O) groups is 1. The van der Waals surface area contributed by atoms with E-state index in [0.29, 0.717) is 30.1 Å². The normalized spacial score (nSPS) is 17.8. The molecule has 0 saturated carbocycles. The van der Waals surface area contributed by atoms with Crippen LogP contribution in [-0.4, -0.2) is 57.7 Å². The molecule has 9 heteroatoms. The minimum Gasteiger partial charge on any atom is -0.444 e. The molecular weight excluding hydrogens is 350 g/mol. The smallest absolute Gasteiger partial charge is 0.410 e. The van der Waals surface area contributed by atoms with Crippen LogP contribution >= 0.6 is 0 Å². The van der Waals surface area contributed by atoms with Crippen LogP contribution in [0.1, 0.15) is 33.6 Å². The second-order valence-electron chi connectivity index (χ2n) is 7.85. The SMILES string of the molecule is CN(c1nc2ccc([N+](=O)[O-])cc2[nH]1)C1CCCN(C(=O)OC(C)(C)C)C1. The van der Waals surface area contributed by atoms with Gasteiger partial charge < -0.3 is 19.5 Å². The topological polar surface area (TPSA) is 105 Å². The summed E-state index contributed by atoms with van der Waals surface area (Å²) < 4.78 is 5.48. The van der Waals surface area contributed by atoms with E-state index in [4.69, 9.17) is 4.74 Å². The lowest BCUT2D eigenvalue weighted by molar-refractivity contribution is -0.384. The van der Waals surface area contributed by atoms with Crippen LogP contribution in [0.25, 0.3) is 11.0 Å². The highest BCUT2D eigenvalue weighted by molar-refractivity contribution is 5.80. The van der Waals surface area contributed by atoms with E-state index >= 15 is 0 Å². The Morgan fingerprint density at radius 2 is 2.19 bits per heavy atom. The fraction of sp³-hybridized carbons (Fsp3) is 0.556. The van der Waals surface area contributed by atoms with Gasteiger partial charge in [0.15, 0.2) is 0 Å². The molecule has 1 unspecified atom stereocenters. The number of hydrogen-bond acceptors (Lipinski definition) is 6. The number of non-ortho nitro benzene ring substituents is 1. The number of piperidine rings is 1. The number of nitrogens with one attached hydrogen (secondary N) is 1.